The van der Waals surface area contributed by atoms with Crippen molar-refractivity contribution in [3.63, 3.8) is 0 Å². The van der Waals surface area contributed by atoms with E-state index >= 15 is 0 Å². The van der Waals surface area contributed by atoms with Gasteiger partial charge in [0.05, 0.1) is 19.3 Å². The van der Waals surface area contributed by atoms with Crippen LogP contribution in [0.1, 0.15) is 5.56 Å². The maximum atomic E-state index is 11.7. The van der Waals surface area contributed by atoms with E-state index in [9.17, 15) is 9.59 Å². The number of aldehydes is 1. The van der Waals surface area contributed by atoms with Crippen LogP contribution < -0.4 is 0 Å². The summed E-state index contributed by atoms with van der Waals surface area (Å²) < 4.78 is 5.10. The van der Waals surface area contributed by atoms with E-state index in [-0.39, 0.29) is 19.7 Å². The van der Waals surface area contributed by atoms with Gasteiger partial charge in [-0.3, -0.25) is 4.90 Å². The molecule has 6 nitrogen and oxygen atoms in total. The van der Waals surface area contributed by atoms with Crippen LogP contribution in [0, 0.1) is 0 Å². The maximum absolute atomic E-state index is 11.7. The highest BCUT2D eigenvalue weighted by Crippen LogP contribution is 2.02. The molecule has 19 heavy (non-hydrogen) atoms. The highest BCUT2D eigenvalue weighted by molar-refractivity contribution is 5.75. The van der Waals surface area contributed by atoms with Gasteiger partial charge >= 0.3 is 6.09 Å². The number of carbonyl (C=O) groups is 2. The number of ether oxygens (including phenoxy) is 1. The zero-order valence-electron chi connectivity index (χ0n) is 10.7. The lowest BCUT2D eigenvalue weighted by atomic mass is 10.2. The fourth-order valence-electron chi connectivity index (χ4n) is 1.33. The van der Waals surface area contributed by atoms with Crippen molar-refractivity contribution in [2.75, 3.05) is 20.2 Å². The lowest BCUT2D eigenvalue weighted by Crippen LogP contribution is -2.34. The van der Waals surface area contributed by atoms with Gasteiger partial charge in [-0.25, -0.2) is 4.79 Å². The van der Waals surface area contributed by atoms with Crippen molar-refractivity contribution >= 4 is 18.6 Å². The van der Waals surface area contributed by atoms with Crippen molar-refractivity contribution in [2.24, 2.45) is 5.16 Å². The molecule has 0 aliphatic rings. The van der Waals surface area contributed by atoms with Gasteiger partial charge in [-0.2, -0.15) is 0 Å². The second-order valence-electron chi connectivity index (χ2n) is 3.58. The smallest absolute Gasteiger partial charge is 0.410 e. The Morgan fingerprint density at radius 2 is 2.05 bits per heavy atom. The Morgan fingerprint density at radius 3 is 2.68 bits per heavy atom. The summed E-state index contributed by atoms with van der Waals surface area (Å²) in [6.45, 7) is 0.264. The van der Waals surface area contributed by atoms with E-state index in [1.807, 2.05) is 30.3 Å². The fourth-order valence-corrected chi connectivity index (χ4v) is 1.33. The van der Waals surface area contributed by atoms with Gasteiger partial charge in [-0.15, -0.1) is 0 Å². The molecule has 1 amide bonds. The lowest BCUT2D eigenvalue weighted by molar-refractivity contribution is -0.108. The number of benzene rings is 1. The first-order valence-electron chi connectivity index (χ1n) is 5.72. The van der Waals surface area contributed by atoms with Crippen molar-refractivity contribution in [3.8, 4) is 0 Å². The maximum Gasteiger partial charge on any atom is 0.410 e. The molecule has 1 aromatic rings. The molecule has 0 radical (unpaired) electrons. The monoisotopic (exact) mass is 264 g/mol. The minimum Gasteiger partial charge on any atom is -0.445 e. The van der Waals surface area contributed by atoms with Crippen molar-refractivity contribution in [3.05, 3.63) is 35.9 Å². The number of amides is 1. The average molecular weight is 264 g/mol. The van der Waals surface area contributed by atoms with Crippen LogP contribution in [0.15, 0.2) is 35.5 Å². The molecule has 0 N–H and O–H groups in total. The Morgan fingerprint density at radius 1 is 1.32 bits per heavy atom. The van der Waals surface area contributed by atoms with Crippen molar-refractivity contribution in [1.82, 2.24) is 4.90 Å². The first-order valence-corrected chi connectivity index (χ1v) is 5.72. The predicted molar refractivity (Wildman–Crippen MR) is 69.8 cm³/mol. The van der Waals surface area contributed by atoms with Crippen molar-refractivity contribution in [1.29, 1.82) is 0 Å². The minimum absolute atomic E-state index is 0.0522. The van der Waals surface area contributed by atoms with E-state index in [0.29, 0.717) is 6.29 Å². The molecule has 0 saturated heterocycles. The van der Waals surface area contributed by atoms with Crippen LogP contribution in [0.2, 0.25) is 0 Å². The highest BCUT2D eigenvalue weighted by Gasteiger charge is 2.13. The summed E-state index contributed by atoms with van der Waals surface area (Å²) in [5, 5.41) is 3.50. The minimum atomic E-state index is -0.571. The Bertz CT molecular complexity index is 420. The van der Waals surface area contributed by atoms with Crippen LogP contribution in [-0.2, 0) is 21.0 Å². The Hall–Kier alpha value is -2.37. The van der Waals surface area contributed by atoms with Crippen molar-refractivity contribution < 1.29 is 19.2 Å². The van der Waals surface area contributed by atoms with E-state index in [0.717, 1.165) is 5.56 Å². The summed E-state index contributed by atoms with van der Waals surface area (Å²) in [5.74, 6) is 0. The molecule has 0 aliphatic carbocycles. The molecular weight excluding hydrogens is 248 g/mol. The molecule has 0 atom stereocenters. The van der Waals surface area contributed by atoms with Gasteiger partial charge in [-0.1, -0.05) is 35.5 Å². The summed E-state index contributed by atoms with van der Waals surface area (Å²) >= 11 is 0. The molecule has 0 aliphatic heterocycles. The molecule has 0 unspecified atom stereocenters. The van der Waals surface area contributed by atoms with Gasteiger partial charge in [0.25, 0.3) is 0 Å². The van der Waals surface area contributed by atoms with E-state index in [4.69, 9.17) is 4.74 Å². The molecular formula is C13H16N2O4. The van der Waals surface area contributed by atoms with Crippen LogP contribution in [0.5, 0.6) is 0 Å². The standard InChI is InChI=1S/C13H16N2O4/c1-18-14-7-8-15(9-10-16)13(17)19-11-12-5-3-2-4-6-12/h2-7,10H,8-9,11H2,1H3/b14-7+. The fraction of sp³-hybridized carbons (Fsp3) is 0.308. The third kappa shape index (κ3) is 5.67. The first kappa shape index (κ1) is 14.7. The number of hydrogen-bond acceptors (Lipinski definition) is 5. The molecule has 1 aromatic carbocycles. The van der Waals surface area contributed by atoms with E-state index in [1.165, 1.54) is 18.2 Å². The Kier molecular flexibility index (Phi) is 6.71. The quantitative estimate of drug-likeness (QED) is 0.425. The second kappa shape index (κ2) is 8.68. The van der Waals surface area contributed by atoms with Crippen LogP contribution >= 0.6 is 0 Å². The van der Waals surface area contributed by atoms with Crippen LogP contribution in [0.25, 0.3) is 0 Å². The number of oxime groups is 1. The van der Waals surface area contributed by atoms with Crippen LogP contribution in [-0.4, -0.2) is 43.7 Å². The highest BCUT2D eigenvalue weighted by atomic mass is 16.6. The Balaban J connectivity index is 2.47. The summed E-state index contributed by atoms with van der Waals surface area (Å²) in [4.78, 5) is 27.9. The van der Waals surface area contributed by atoms with Gasteiger partial charge in [0, 0.05) is 0 Å². The molecule has 0 fully saturated rings. The molecule has 6 heteroatoms. The molecule has 0 spiro atoms. The van der Waals surface area contributed by atoms with E-state index in [1.54, 1.807) is 0 Å². The second-order valence-corrected chi connectivity index (χ2v) is 3.58. The normalized spacial score (nSPS) is 10.2. The number of nitrogens with zero attached hydrogens (tertiary/aromatic N) is 2. The van der Waals surface area contributed by atoms with Gasteiger partial charge in [-0.05, 0) is 5.56 Å². The summed E-state index contributed by atoms with van der Waals surface area (Å²) in [6, 6.07) is 9.30. The average Bonchev–Trinajstić information content (AvgIpc) is 2.45. The molecule has 0 bridgehead atoms. The van der Waals surface area contributed by atoms with Crippen molar-refractivity contribution in [2.45, 2.75) is 6.61 Å². The largest absolute Gasteiger partial charge is 0.445 e. The summed E-state index contributed by atoms with van der Waals surface area (Å²) in [6.07, 6.45) is 1.44. The molecule has 102 valence electrons. The number of rotatable bonds is 7. The number of hydrogen-bond donors (Lipinski definition) is 0. The van der Waals surface area contributed by atoms with Crippen LogP contribution in [0.3, 0.4) is 0 Å². The van der Waals surface area contributed by atoms with Gasteiger partial charge in [0.2, 0.25) is 0 Å². The summed E-state index contributed by atoms with van der Waals surface area (Å²) in [7, 11) is 1.40. The predicted octanol–water partition coefficient (Wildman–Crippen LogP) is 1.46. The van der Waals surface area contributed by atoms with E-state index in [2.05, 4.69) is 9.99 Å². The molecule has 1 rings (SSSR count). The Labute approximate surface area is 111 Å². The topological polar surface area (TPSA) is 68.2 Å². The molecule has 0 saturated carbocycles. The summed E-state index contributed by atoms with van der Waals surface area (Å²) in [5.41, 5.74) is 0.882. The number of carbonyl (C=O) groups excluding carboxylic acids is 2. The van der Waals surface area contributed by atoms with Gasteiger partial charge in [0.1, 0.15) is 20.0 Å². The SMILES string of the molecule is CO/N=C/CN(CC=O)C(=O)OCc1ccccc1. The van der Waals surface area contributed by atoms with Gasteiger partial charge in [0.15, 0.2) is 0 Å². The molecule has 0 heterocycles. The zero-order chi connectivity index (χ0) is 13.9. The third-order valence-electron chi connectivity index (χ3n) is 2.24. The molecule has 0 aromatic heterocycles. The van der Waals surface area contributed by atoms with Gasteiger partial charge < -0.3 is 14.4 Å². The van der Waals surface area contributed by atoms with E-state index < -0.39 is 6.09 Å². The zero-order valence-corrected chi connectivity index (χ0v) is 10.7. The third-order valence-corrected chi connectivity index (χ3v) is 2.24. The van der Waals surface area contributed by atoms with Crippen LogP contribution in [0.4, 0.5) is 4.79 Å². The lowest BCUT2D eigenvalue weighted by Gasteiger charge is -2.17. The first-order chi connectivity index (χ1) is 9.27.